The molecule has 2 aromatic rings. The van der Waals surface area contributed by atoms with Crippen LogP contribution in [0.25, 0.3) is 0 Å². The maximum absolute atomic E-state index is 12.4. The molecule has 3 rings (SSSR count). The first kappa shape index (κ1) is 13.2. The average molecular weight is 295 g/mol. The zero-order valence-corrected chi connectivity index (χ0v) is 11.9. The Morgan fingerprint density at radius 2 is 2.45 bits per heavy atom. The van der Waals surface area contributed by atoms with Crippen molar-refractivity contribution in [3.05, 3.63) is 34.7 Å². The van der Waals surface area contributed by atoms with Crippen molar-refractivity contribution in [2.45, 2.75) is 25.7 Å². The molecule has 3 heterocycles. The van der Waals surface area contributed by atoms with Gasteiger partial charge >= 0.3 is 0 Å². The van der Waals surface area contributed by atoms with Crippen LogP contribution in [0.1, 0.15) is 41.0 Å². The zero-order valence-electron chi connectivity index (χ0n) is 11.1. The number of hydrogen-bond acceptors (Lipinski definition) is 4. The van der Waals surface area contributed by atoms with E-state index >= 15 is 0 Å². The van der Waals surface area contributed by atoms with Crippen LogP contribution in [0.3, 0.4) is 0 Å². The number of nitrogens with one attached hydrogen (secondary N) is 1. The molecule has 1 atom stereocenters. The lowest BCUT2D eigenvalue weighted by molar-refractivity contribution is 0.0698. The number of H-pyrrole nitrogens is 1. The van der Waals surface area contributed by atoms with E-state index in [4.69, 9.17) is 16.1 Å². The number of piperidine rings is 1. The molecule has 0 aliphatic carbocycles. The summed E-state index contributed by atoms with van der Waals surface area (Å²) in [4.78, 5) is 21.3. The van der Waals surface area contributed by atoms with Crippen LogP contribution < -0.4 is 0 Å². The van der Waals surface area contributed by atoms with E-state index in [0.717, 1.165) is 19.4 Å². The Morgan fingerprint density at radius 1 is 1.60 bits per heavy atom. The first-order valence-corrected chi connectivity index (χ1v) is 6.94. The standard InChI is InChI=1S/C13H15ClN4O2/c1-8-16-12(17-20-8)9-3-2-4-18(7-9)13(19)11-5-10(14)6-15-11/h5-6,9,15H,2-4,7H2,1H3/t9-/m0/s1. The van der Waals surface area contributed by atoms with Crippen molar-refractivity contribution in [3.63, 3.8) is 0 Å². The molecule has 0 unspecified atom stereocenters. The lowest BCUT2D eigenvalue weighted by Gasteiger charge is -2.30. The van der Waals surface area contributed by atoms with Gasteiger partial charge in [-0.2, -0.15) is 4.98 Å². The second kappa shape index (κ2) is 5.28. The highest BCUT2D eigenvalue weighted by molar-refractivity contribution is 6.30. The molecule has 7 heteroatoms. The second-order valence-electron chi connectivity index (χ2n) is 4.99. The van der Waals surface area contributed by atoms with Gasteiger partial charge in [-0.25, -0.2) is 0 Å². The van der Waals surface area contributed by atoms with Crippen molar-refractivity contribution < 1.29 is 9.32 Å². The smallest absolute Gasteiger partial charge is 0.270 e. The van der Waals surface area contributed by atoms with Crippen molar-refractivity contribution in [2.75, 3.05) is 13.1 Å². The van der Waals surface area contributed by atoms with Gasteiger partial charge in [0.05, 0.1) is 5.02 Å². The van der Waals surface area contributed by atoms with Crippen LogP contribution >= 0.6 is 11.6 Å². The van der Waals surface area contributed by atoms with E-state index in [2.05, 4.69) is 15.1 Å². The average Bonchev–Trinajstić information content (AvgIpc) is 3.07. The van der Waals surface area contributed by atoms with Gasteiger partial charge in [-0.15, -0.1) is 0 Å². The summed E-state index contributed by atoms with van der Waals surface area (Å²) in [7, 11) is 0. The van der Waals surface area contributed by atoms with Crippen LogP contribution in [0.4, 0.5) is 0 Å². The number of nitrogens with zero attached hydrogens (tertiary/aromatic N) is 3. The van der Waals surface area contributed by atoms with Gasteiger partial charge in [0.1, 0.15) is 5.69 Å². The molecular weight excluding hydrogens is 280 g/mol. The fourth-order valence-electron chi connectivity index (χ4n) is 2.51. The minimum Gasteiger partial charge on any atom is -0.356 e. The summed E-state index contributed by atoms with van der Waals surface area (Å²) in [5.74, 6) is 1.33. The highest BCUT2D eigenvalue weighted by Gasteiger charge is 2.28. The minimum absolute atomic E-state index is 0.0400. The van der Waals surface area contributed by atoms with E-state index in [0.29, 0.717) is 29.0 Å². The summed E-state index contributed by atoms with van der Waals surface area (Å²) < 4.78 is 5.01. The van der Waals surface area contributed by atoms with Crippen LogP contribution in [0.2, 0.25) is 5.02 Å². The van der Waals surface area contributed by atoms with Gasteiger partial charge in [0.25, 0.3) is 5.91 Å². The van der Waals surface area contributed by atoms with Gasteiger partial charge < -0.3 is 14.4 Å². The largest absolute Gasteiger partial charge is 0.356 e. The Kier molecular flexibility index (Phi) is 3.48. The van der Waals surface area contributed by atoms with Gasteiger partial charge in [0, 0.05) is 32.1 Å². The summed E-state index contributed by atoms with van der Waals surface area (Å²) in [6.07, 6.45) is 3.51. The summed E-state index contributed by atoms with van der Waals surface area (Å²) in [6, 6.07) is 1.64. The molecule has 1 fully saturated rings. The predicted molar refractivity (Wildman–Crippen MR) is 72.7 cm³/mol. The molecule has 0 radical (unpaired) electrons. The topological polar surface area (TPSA) is 75.0 Å². The Morgan fingerprint density at radius 3 is 3.10 bits per heavy atom. The third-order valence-corrected chi connectivity index (χ3v) is 3.71. The normalized spacial score (nSPS) is 19.3. The van der Waals surface area contributed by atoms with Gasteiger partial charge in [-0.05, 0) is 18.9 Å². The number of carbonyl (C=O) groups excluding carboxylic acids is 1. The quantitative estimate of drug-likeness (QED) is 0.923. The number of aromatic amines is 1. The Labute approximate surface area is 121 Å². The zero-order chi connectivity index (χ0) is 14.1. The van der Waals surface area contributed by atoms with Gasteiger partial charge in [-0.1, -0.05) is 16.8 Å². The fourth-order valence-corrected chi connectivity index (χ4v) is 2.68. The highest BCUT2D eigenvalue weighted by atomic mass is 35.5. The van der Waals surface area contributed by atoms with E-state index in [9.17, 15) is 4.79 Å². The molecule has 0 aromatic carbocycles. The number of rotatable bonds is 2. The first-order valence-electron chi connectivity index (χ1n) is 6.57. The molecule has 1 saturated heterocycles. The highest BCUT2D eigenvalue weighted by Crippen LogP contribution is 2.26. The summed E-state index contributed by atoms with van der Waals surface area (Å²) in [5, 5.41) is 4.49. The molecule has 20 heavy (non-hydrogen) atoms. The minimum atomic E-state index is -0.0400. The monoisotopic (exact) mass is 294 g/mol. The molecule has 1 aliphatic rings. The summed E-state index contributed by atoms with van der Waals surface area (Å²) >= 11 is 5.84. The van der Waals surface area contributed by atoms with Crippen LogP contribution in [-0.2, 0) is 0 Å². The molecule has 0 saturated carbocycles. The number of amides is 1. The Bertz CT molecular complexity index is 621. The first-order chi connectivity index (χ1) is 9.63. The maximum atomic E-state index is 12.4. The third-order valence-electron chi connectivity index (χ3n) is 3.50. The van der Waals surface area contributed by atoms with Crippen LogP contribution in [0.5, 0.6) is 0 Å². The molecule has 0 bridgehead atoms. The number of halogens is 1. The third kappa shape index (κ3) is 2.56. The van der Waals surface area contributed by atoms with Gasteiger partial charge in [0.15, 0.2) is 5.82 Å². The second-order valence-corrected chi connectivity index (χ2v) is 5.43. The lowest BCUT2D eigenvalue weighted by atomic mass is 9.97. The molecular formula is C13H15ClN4O2. The van der Waals surface area contributed by atoms with Crippen LogP contribution in [0.15, 0.2) is 16.8 Å². The number of hydrogen-bond donors (Lipinski definition) is 1. The molecule has 1 N–H and O–H groups in total. The van der Waals surface area contributed by atoms with Crippen LogP contribution in [0, 0.1) is 6.92 Å². The number of likely N-dealkylation sites (tertiary alicyclic amines) is 1. The Hall–Kier alpha value is -1.82. The van der Waals surface area contributed by atoms with E-state index < -0.39 is 0 Å². The molecule has 106 valence electrons. The van der Waals surface area contributed by atoms with Crippen molar-refractivity contribution in [2.24, 2.45) is 0 Å². The summed E-state index contributed by atoms with van der Waals surface area (Å²) in [5.41, 5.74) is 0.514. The van der Waals surface area contributed by atoms with E-state index in [-0.39, 0.29) is 11.8 Å². The molecule has 6 nitrogen and oxygen atoms in total. The SMILES string of the molecule is Cc1nc([C@H]2CCCN(C(=O)c3cc(Cl)c[nH]3)C2)no1. The Balaban J connectivity index is 1.73. The summed E-state index contributed by atoms with van der Waals surface area (Å²) in [6.45, 7) is 3.11. The van der Waals surface area contributed by atoms with Crippen molar-refractivity contribution in [1.82, 2.24) is 20.0 Å². The van der Waals surface area contributed by atoms with E-state index in [1.54, 1.807) is 19.2 Å². The number of carbonyl (C=O) groups is 1. The number of aryl methyl sites for hydroxylation is 1. The number of aromatic nitrogens is 3. The van der Waals surface area contributed by atoms with E-state index in [1.807, 2.05) is 4.90 Å². The molecule has 0 spiro atoms. The van der Waals surface area contributed by atoms with Gasteiger partial charge in [0.2, 0.25) is 5.89 Å². The van der Waals surface area contributed by atoms with Crippen molar-refractivity contribution in [1.29, 1.82) is 0 Å². The lowest BCUT2D eigenvalue weighted by Crippen LogP contribution is -2.39. The molecule has 1 amide bonds. The van der Waals surface area contributed by atoms with Crippen LogP contribution in [-0.4, -0.2) is 39.0 Å². The van der Waals surface area contributed by atoms with Gasteiger partial charge in [-0.3, -0.25) is 4.79 Å². The molecule has 1 aliphatic heterocycles. The fraction of sp³-hybridized carbons (Fsp3) is 0.462. The molecule has 2 aromatic heterocycles. The maximum Gasteiger partial charge on any atom is 0.270 e. The predicted octanol–water partition coefficient (Wildman–Crippen LogP) is 2.38. The van der Waals surface area contributed by atoms with E-state index in [1.165, 1.54) is 0 Å². The van der Waals surface area contributed by atoms with Crippen molar-refractivity contribution >= 4 is 17.5 Å². The van der Waals surface area contributed by atoms with Crippen molar-refractivity contribution in [3.8, 4) is 0 Å².